The van der Waals surface area contributed by atoms with E-state index in [1.807, 2.05) is 55.5 Å². The third-order valence-electron chi connectivity index (χ3n) is 3.99. The molecule has 1 aliphatic rings. The summed E-state index contributed by atoms with van der Waals surface area (Å²) in [5.74, 6) is -0.233. The van der Waals surface area contributed by atoms with Gasteiger partial charge in [0.1, 0.15) is 0 Å². The zero-order valence-corrected chi connectivity index (χ0v) is 12.1. The van der Waals surface area contributed by atoms with Crippen LogP contribution in [0.1, 0.15) is 23.6 Å². The molecular formula is C18H19NO2. The lowest BCUT2D eigenvalue weighted by molar-refractivity contribution is -0.150. The van der Waals surface area contributed by atoms with E-state index in [0.717, 1.165) is 24.1 Å². The summed E-state index contributed by atoms with van der Waals surface area (Å²) in [6.45, 7) is 2.97. The molecule has 3 rings (SSSR count). The molecule has 108 valence electrons. The van der Waals surface area contributed by atoms with E-state index in [-0.39, 0.29) is 5.97 Å². The SMILES string of the molecule is CCOC(=O)[C@@]1(c2ccccc2)NCCc2ccccc21. The number of fused-ring (bicyclic) bond motifs is 1. The lowest BCUT2D eigenvalue weighted by Crippen LogP contribution is -2.54. The minimum absolute atomic E-state index is 0.233. The van der Waals surface area contributed by atoms with E-state index < -0.39 is 5.54 Å². The van der Waals surface area contributed by atoms with Crippen molar-refractivity contribution < 1.29 is 9.53 Å². The predicted octanol–water partition coefficient (Wildman–Crippen LogP) is 2.64. The maximum absolute atomic E-state index is 12.8. The van der Waals surface area contributed by atoms with Gasteiger partial charge in [0.25, 0.3) is 0 Å². The van der Waals surface area contributed by atoms with E-state index in [9.17, 15) is 4.79 Å². The van der Waals surface area contributed by atoms with Crippen LogP contribution in [0.15, 0.2) is 54.6 Å². The highest BCUT2D eigenvalue weighted by Crippen LogP contribution is 2.36. The number of rotatable bonds is 3. The van der Waals surface area contributed by atoms with Crippen LogP contribution in [-0.4, -0.2) is 19.1 Å². The Bertz CT molecular complexity index is 639. The van der Waals surface area contributed by atoms with Crippen molar-refractivity contribution >= 4 is 5.97 Å². The molecule has 0 aromatic heterocycles. The van der Waals surface area contributed by atoms with E-state index >= 15 is 0 Å². The summed E-state index contributed by atoms with van der Waals surface area (Å²) in [7, 11) is 0. The fourth-order valence-corrected chi connectivity index (χ4v) is 3.07. The van der Waals surface area contributed by atoms with Crippen LogP contribution in [0.4, 0.5) is 0 Å². The number of carbonyl (C=O) groups excluding carboxylic acids is 1. The van der Waals surface area contributed by atoms with Crippen molar-refractivity contribution in [3.8, 4) is 0 Å². The Kier molecular flexibility index (Phi) is 3.76. The van der Waals surface area contributed by atoms with Crippen LogP contribution in [0.25, 0.3) is 0 Å². The van der Waals surface area contributed by atoms with Crippen molar-refractivity contribution in [2.24, 2.45) is 0 Å². The minimum Gasteiger partial charge on any atom is -0.464 e. The molecule has 0 unspecified atom stereocenters. The number of nitrogens with one attached hydrogen (secondary N) is 1. The van der Waals surface area contributed by atoms with Gasteiger partial charge in [-0.2, -0.15) is 0 Å². The monoisotopic (exact) mass is 281 g/mol. The molecule has 0 saturated heterocycles. The second kappa shape index (κ2) is 5.70. The van der Waals surface area contributed by atoms with E-state index in [1.54, 1.807) is 0 Å². The third-order valence-corrected chi connectivity index (χ3v) is 3.99. The Balaban J connectivity index is 2.22. The molecule has 0 bridgehead atoms. The fraction of sp³-hybridized carbons (Fsp3) is 0.278. The van der Waals surface area contributed by atoms with Crippen LogP contribution in [0.5, 0.6) is 0 Å². The van der Waals surface area contributed by atoms with Gasteiger partial charge >= 0.3 is 5.97 Å². The Labute approximate surface area is 124 Å². The molecule has 1 heterocycles. The maximum atomic E-state index is 12.8. The van der Waals surface area contributed by atoms with Crippen LogP contribution in [0, 0.1) is 0 Å². The van der Waals surface area contributed by atoms with Crippen molar-refractivity contribution in [2.75, 3.05) is 13.2 Å². The zero-order valence-electron chi connectivity index (χ0n) is 12.1. The molecule has 0 aliphatic carbocycles. The predicted molar refractivity (Wildman–Crippen MR) is 82.0 cm³/mol. The molecule has 2 aromatic carbocycles. The van der Waals surface area contributed by atoms with Crippen LogP contribution < -0.4 is 5.32 Å². The van der Waals surface area contributed by atoms with Crippen molar-refractivity contribution in [1.82, 2.24) is 5.32 Å². The molecule has 0 saturated carbocycles. The number of benzene rings is 2. The van der Waals surface area contributed by atoms with Crippen LogP contribution >= 0.6 is 0 Å². The van der Waals surface area contributed by atoms with Gasteiger partial charge in [0.2, 0.25) is 0 Å². The Hall–Kier alpha value is -2.13. The van der Waals surface area contributed by atoms with Crippen LogP contribution in [0.3, 0.4) is 0 Å². The van der Waals surface area contributed by atoms with Gasteiger partial charge in [0.05, 0.1) is 6.61 Å². The molecule has 1 N–H and O–H groups in total. The fourth-order valence-electron chi connectivity index (χ4n) is 3.07. The Morgan fingerprint density at radius 3 is 2.62 bits per heavy atom. The first-order valence-corrected chi connectivity index (χ1v) is 7.35. The average Bonchev–Trinajstić information content (AvgIpc) is 2.55. The largest absolute Gasteiger partial charge is 0.464 e. The summed E-state index contributed by atoms with van der Waals surface area (Å²) in [6.07, 6.45) is 0.921. The standard InChI is InChI=1S/C18H19NO2/c1-2-21-17(20)18(15-9-4-3-5-10-15)16-11-7-6-8-14(16)12-13-19-18/h3-11,19H,2,12-13H2,1H3/t18-/m0/s1. The highest BCUT2D eigenvalue weighted by atomic mass is 16.5. The first-order chi connectivity index (χ1) is 10.3. The molecule has 2 aromatic rings. The summed E-state index contributed by atoms with van der Waals surface area (Å²) in [4.78, 5) is 12.8. The van der Waals surface area contributed by atoms with Gasteiger partial charge in [-0.15, -0.1) is 0 Å². The third kappa shape index (κ3) is 2.24. The Morgan fingerprint density at radius 1 is 1.14 bits per heavy atom. The number of hydrogen-bond acceptors (Lipinski definition) is 3. The van der Waals surface area contributed by atoms with E-state index in [0.29, 0.717) is 6.61 Å². The maximum Gasteiger partial charge on any atom is 0.335 e. The normalized spacial score (nSPS) is 20.6. The quantitative estimate of drug-likeness (QED) is 0.879. The van der Waals surface area contributed by atoms with Crippen molar-refractivity contribution in [1.29, 1.82) is 0 Å². The molecule has 0 fully saturated rings. The second-order valence-corrected chi connectivity index (χ2v) is 5.17. The molecule has 1 aliphatic heterocycles. The lowest BCUT2D eigenvalue weighted by atomic mass is 9.77. The van der Waals surface area contributed by atoms with Gasteiger partial charge < -0.3 is 4.74 Å². The summed E-state index contributed by atoms with van der Waals surface area (Å²) in [5, 5.41) is 3.42. The summed E-state index contributed by atoms with van der Waals surface area (Å²) in [5.41, 5.74) is 2.23. The van der Waals surface area contributed by atoms with Gasteiger partial charge in [0, 0.05) is 6.54 Å². The second-order valence-electron chi connectivity index (χ2n) is 5.17. The van der Waals surface area contributed by atoms with Crippen LogP contribution in [0.2, 0.25) is 0 Å². The molecule has 1 atom stereocenters. The molecule has 0 amide bonds. The van der Waals surface area contributed by atoms with Gasteiger partial charge in [-0.25, -0.2) is 4.79 Å². The van der Waals surface area contributed by atoms with E-state index in [1.165, 1.54) is 5.56 Å². The molecule has 0 spiro atoms. The van der Waals surface area contributed by atoms with Crippen molar-refractivity contribution in [3.05, 3.63) is 71.3 Å². The first kappa shape index (κ1) is 13.8. The lowest BCUT2D eigenvalue weighted by Gasteiger charge is -2.38. The summed E-state index contributed by atoms with van der Waals surface area (Å²) >= 11 is 0. The molecular weight excluding hydrogens is 262 g/mol. The molecule has 3 nitrogen and oxygen atoms in total. The highest BCUT2D eigenvalue weighted by molar-refractivity contribution is 5.88. The van der Waals surface area contributed by atoms with Gasteiger partial charge in [-0.05, 0) is 30.0 Å². The number of ether oxygens (including phenoxy) is 1. The van der Waals surface area contributed by atoms with Gasteiger partial charge in [0.15, 0.2) is 5.54 Å². The van der Waals surface area contributed by atoms with Crippen LogP contribution in [-0.2, 0) is 21.5 Å². The molecule has 3 heteroatoms. The van der Waals surface area contributed by atoms with E-state index in [2.05, 4.69) is 11.4 Å². The zero-order chi connectivity index (χ0) is 14.7. The van der Waals surface area contributed by atoms with Crippen molar-refractivity contribution in [3.63, 3.8) is 0 Å². The Morgan fingerprint density at radius 2 is 1.86 bits per heavy atom. The molecule has 21 heavy (non-hydrogen) atoms. The first-order valence-electron chi connectivity index (χ1n) is 7.35. The van der Waals surface area contributed by atoms with E-state index in [4.69, 9.17) is 4.74 Å². The highest BCUT2D eigenvalue weighted by Gasteiger charge is 2.46. The molecule has 0 radical (unpaired) electrons. The van der Waals surface area contributed by atoms with Gasteiger partial charge in [-0.1, -0.05) is 54.6 Å². The summed E-state index contributed by atoms with van der Waals surface area (Å²) in [6, 6.07) is 17.9. The number of hydrogen-bond donors (Lipinski definition) is 1. The minimum atomic E-state index is -0.897. The van der Waals surface area contributed by atoms with Crippen molar-refractivity contribution in [2.45, 2.75) is 18.9 Å². The average molecular weight is 281 g/mol. The smallest absolute Gasteiger partial charge is 0.335 e. The van der Waals surface area contributed by atoms with Gasteiger partial charge in [-0.3, -0.25) is 5.32 Å². The number of esters is 1. The number of carbonyl (C=O) groups is 1. The summed E-state index contributed by atoms with van der Waals surface area (Å²) < 4.78 is 5.39. The topological polar surface area (TPSA) is 38.3 Å².